The molecule has 5 rings (SSSR count). The molecule has 0 saturated carbocycles. The van der Waals surface area contributed by atoms with E-state index in [1.807, 2.05) is 6.92 Å². The van der Waals surface area contributed by atoms with Crippen molar-refractivity contribution in [1.82, 2.24) is 0 Å². The van der Waals surface area contributed by atoms with E-state index in [2.05, 4.69) is 6.58 Å². The van der Waals surface area contributed by atoms with Crippen LogP contribution in [0.15, 0.2) is 60.9 Å². The number of aliphatic hydroxyl groups excluding tert-OH is 3. The number of ether oxygens (including phenoxy) is 5. The Kier molecular flexibility index (Phi) is 9.63. The summed E-state index contributed by atoms with van der Waals surface area (Å²) < 4.78 is 27.3. The Morgan fingerprint density at radius 3 is 2.45 bits per heavy atom. The van der Waals surface area contributed by atoms with Crippen molar-refractivity contribution in [3.05, 3.63) is 88.7 Å². The molecule has 0 spiro atoms. The topological polar surface area (TPSA) is 208 Å². The second-order valence-electron chi connectivity index (χ2n) is 11.0. The molecule has 0 bridgehead atoms. The van der Waals surface area contributed by atoms with Gasteiger partial charge in [0.05, 0.1) is 18.7 Å². The van der Waals surface area contributed by atoms with Crippen LogP contribution >= 0.6 is 0 Å². The highest BCUT2D eigenvalue weighted by Crippen LogP contribution is 2.46. The normalized spacial score (nSPS) is 23.7. The molecule has 6 unspecified atom stereocenters. The molecule has 248 valence electrons. The Hall–Kier alpha value is -5.21. The summed E-state index contributed by atoms with van der Waals surface area (Å²) >= 11 is 0. The molecule has 2 aliphatic heterocycles. The van der Waals surface area contributed by atoms with Crippen molar-refractivity contribution in [3.8, 4) is 34.5 Å². The fourth-order valence-corrected chi connectivity index (χ4v) is 5.24. The number of aliphatic hydroxyl groups is 4. The lowest BCUT2D eigenvalue weighted by atomic mass is 9.96. The highest BCUT2D eigenvalue weighted by molar-refractivity contribution is 5.87. The molecule has 3 aromatic carbocycles. The van der Waals surface area contributed by atoms with Crippen LogP contribution in [0.3, 0.4) is 0 Å². The van der Waals surface area contributed by atoms with Crippen molar-refractivity contribution in [1.29, 1.82) is 0 Å². The van der Waals surface area contributed by atoms with Crippen molar-refractivity contribution in [2.75, 3.05) is 13.7 Å². The minimum Gasteiger partial charge on any atom is -0.571 e. The van der Waals surface area contributed by atoms with E-state index in [0.29, 0.717) is 16.9 Å². The van der Waals surface area contributed by atoms with Crippen LogP contribution < -0.4 is 4.74 Å². The Balaban J connectivity index is 1.39. The molecule has 13 nitrogen and oxygen atoms in total. The number of fused-ring (bicyclic) bond motifs is 1. The van der Waals surface area contributed by atoms with Gasteiger partial charge < -0.3 is 59.4 Å². The minimum absolute atomic E-state index is 0.0721. The summed E-state index contributed by atoms with van der Waals surface area (Å²) in [4.78, 5) is 12.4. The van der Waals surface area contributed by atoms with Crippen LogP contribution in [0.25, 0.3) is 18.2 Å². The number of hydrogen-bond donors (Lipinski definition) is 7. The van der Waals surface area contributed by atoms with E-state index in [1.165, 1.54) is 43.5 Å². The number of phenolic OH excluding ortho intramolecular Hbond substituents is 4. The predicted molar refractivity (Wildman–Crippen MR) is 168 cm³/mol. The van der Waals surface area contributed by atoms with E-state index in [0.717, 1.165) is 23.3 Å². The smallest absolute Gasteiger partial charge is 0.330 e. The van der Waals surface area contributed by atoms with Gasteiger partial charge in [0, 0.05) is 18.2 Å². The molecule has 0 radical (unpaired) electrons. The molecule has 0 aliphatic carbocycles. The van der Waals surface area contributed by atoms with Crippen molar-refractivity contribution in [2.24, 2.45) is 0 Å². The summed E-state index contributed by atoms with van der Waals surface area (Å²) in [7, 11) is 1.51. The molecule has 1 saturated heterocycles. The van der Waals surface area contributed by atoms with Crippen molar-refractivity contribution in [3.63, 3.8) is 0 Å². The molecule has 0 amide bonds. The SMILES string of the molecule is C=Cc1cc(C2[OH+]c3cc(O)cc(O)c3C=C2OC2OC(COC(=O)C=Cc3ccc(O)c(O)c3)C(O)C(O)C2O)cc(OC)c1C. The molecular weight excluding hydrogens is 616 g/mol. The van der Waals surface area contributed by atoms with Gasteiger partial charge in [-0.05, 0) is 54.0 Å². The summed E-state index contributed by atoms with van der Waals surface area (Å²) in [6, 6.07) is 9.96. The van der Waals surface area contributed by atoms with Crippen LogP contribution in [0.2, 0.25) is 0 Å². The maximum atomic E-state index is 12.4. The highest BCUT2D eigenvalue weighted by atomic mass is 16.7. The first kappa shape index (κ1) is 33.2. The third-order valence-corrected chi connectivity index (χ3v) is 7.85. The quantitative estimate of drug-likeness (QED) is 0.0771. The lowest BCUT2D eigenvalue weighted by Crippen LogP contribution is -2.59. The second kappa shape index (κ2) is 13.6. The first-order valence-electron chi connectivity index (χ1n) is 14.4. The number of benzene rings is 3. The molecule has 8 N–H and O–H groups in total. The molecular formula is C34H35O13+. The molecule has 3 aromatic rings. The van der Waals surface area contributed by atoms with Crippen LogP contribution in [0.1, 0.15) is 33.9 Å². The van der Waals surface area contributed by atoms with Crippen molar-refractivity contribution in [2.45, 2.75) is 43.7 Å². The molecule has 13 heteroatoms. The number of esters is 1. The number of phenols is 4. The number of carbonyl (C=O) groups excluding carboxylic acids is 1. The maximum Gasteiger partial charge on any atom is 0.330 e. The van der Waals surface area contributed by atoms with Crippen LogP contribution in [-0.4, -0.2) is 90.9 Å². The van der Waals surface area contributed by atoms with E-state index in [9.17, 15) is 40.5 Å². The minimum atomic E-state index is -1.77. The molecule has 6 atom stereocenters. The summed E-state index contributed by atoms with van der Waals surface area (Å²) in [5.74, 6) is -1.20. The molecule has 2 aliphatic rings. The Morgan fingerprint density at radius 2 is 1.74 bits per heavy atom. The van der Waals surface area contributed by atoms with Gasteiger partial charge in [-0.15, -0.1) is 0 Å². The predicted octanol–water partition coefficient (Wildman–Crippen LogP) is 2.89. The van der Waals surface area contributed by atoms with Crippen LogP contribution in [0.5, 0.6) is 34.5 Å². The van der Waals surface area contributed by atoms with Gasteiger partial charge in [-0.2, -0.15) is 0 Å². The highest BCUT2D eigenvalue weighted by Gasteiger charge is 2.47. The first-order chi connectivity index (χ1) is 22.4. The van der Waals surface area contributed by atoms with E-state index in [-0.39, 0.29) is 40.1 Å². The van der Waals surface area contributed by atoms with Crippen LogP contribution in [0.4, 0.5) is 0 Å². The van der Waals surface area contributed by atoms with Gasteiger partial charge in [0.25, 0.3) is 11.9 Å². The number of aromatic hydroxyl groups is 5. The number of methoxy groups -OCH3 is 1. The third-order valence-electron chi connectivity index (χ3n) is 7.85. The lowest BCUT2D eigenvalue weighted by Gasteiger charge is -2.40. The second-order valence-corrected chi connectivity index (χ2v) is 11.0. The Labute approximate surface area is 269 Å². The number of carbonyl (C=O) groups is 1. The van der Waals surface area contributed by atoms with Gasteiger partial charge in [-0.1, -0.05) is 18.7 Å². The van der Waals surface area contributed by atoms with E-state index in [4.69, 9.17) is 23.7 Å². The third kappa shape index (κ3) is 6.98. The largest absolute Gasteiger partial charge is 0.571 e. The maximum absolute atomic E-state index is 12.4. The summed E-state index contributed by atoms with van der Waals surface area (Å²) in [5.41, 5.74) is 2.73. The average molecular weight is 652 g/mol. The Morgan fingerprint density at radius 1 is 0.979 bits per heavy atom. The van der Waals surface area contributed by atoms with E-state index >= 15 is 0 Å². The number of rotatable bonds is 9. The van der Waals surface area contributed by atoms with Gasteiger partial charge >= 0.3 is 5.97 Å². The average Bonchev–Trinajstić information content (AvgIpc) is 3.05. The van der Waals surface area contributed by atoms with E-state index < -0.39 is 49.4 Å². The van der Waals surface area contributed by atoms with Crippen molar-refractivity contribution < 1.29 is 64.2 Å². The zero-order chi connectivity index (χ0) is 34.0. The number of hydrogen-bond acceptors (Lipinski definition) is 12. The zero-order valence-corrected chi connectivity index (χ0v) is 25.3. The Bertz CT molecular complexity index is 1730. The van der Waals surface area contributed by atoms with E-state index in [1.54, 1.807) is 18.2 Å². The first-order valence-corrected chi connectivity index (χ1v) is 14.4. The monoisotopic (exact) mass is 651 g/mol. The van der Waals surface area contributed by atoms with Gasteiger partial charge in [0.1, 0.15) is 53.8 Å². The zero-order valence-electron chi connectivity index (χ0n) is 25.3. The summed E-state index contributed by atoms with van der Waals surface area (Å²) in [5, 5.41) is 71.9. The van der Waals surface area contributed by atoms with Gasteiger partial charge in [-0.3, -0.25) is 0 Å². The van der Waals surface area contributed by atoms with Crippen molar-refractivity contribution >= 4 is 24.2 Å². The summed E-state index contributed by atoms with van der Waals surface area (Å²) in [6.07, 6.45) is -3.57. The molecule has 47 heavy (non-hydrogen) atoms. The fourth-order valence-electron chi connectivity index (χ4n) is 5.24. The molecule has 1 fully saturated rings. The van der Waals surface area contributed by atoms with Crippen LogP contribution in [0, 0.1) is 6.92 Å². The van der Waals surface area contributed by atoms with Crippen LogP contribution in [-0.2, 0) is 19.0 Å². The fraction of sp³-hybridized carbons (Fsp3) is 0.265. The van der Waals surface area contributed by atoms with Gasteiger partial charge in [0.2, 0.25) is 6.29 Å². The summed E-state index contributed by atoms with van der Waals surface area (Å²) in [6.45, 7) is 5.18. The van der Waals surface area contributed by atoms with Gasteiger partial charge in [0.15, 0.2) is 17.3 Å². The van der Waals surface area contributed by atoms with Gasteiger partial charge in [-0.25, -0.2) is 4.79 Å². The molecule has 0 aromatic heterocycles. The lowest BCUT2D eigenvalue weighted by molar-refractivity contribution is -0.296. The standard InChI is InChI=1S/C34H34O13/c1-4-18-10-19(11-25(43-3)16(18)2)33-27(14-21-23(37)12-20(35)13-26(21)45-33)46-34-32(42)31(41)30(40)28(47-34)15-44-29(39)8-6-17-5-7-22(36)24(38)9-17/h4-14,28,30-38,40-42H,1,15H2,2-3H3/p+1. The molecule has 2 heterocycles.